The topological polar surface area (TPSA) is 145 Å². The Kier molecular flexibility index (Phi) is 4.23. The third kappa shape index (κ3) is 3.17. The zero-order valence-electron chi connectivity index (χ0n) is 15.1. The molecule has 0 spiro atoms. The lowest BCUT2D eigenvalue weighted by Gasteiger charge is -2.24. The van der Waals surface area contributed by atoms with Crippen molar-refractivity contribution in [1.82, 2.24) is 9.97 Å². The van der Waals surface area contributed by atoms with Crippen LogP contribution in [0.2, 0.25) is 0 Å². The van der Waals surface area contributed by atoms with Crippen molar-refractivity contribution in [2.24, 2.45) is 10.1 Å². The van der Waals surface area contributed by atoms with Gasteiger partial charge in [0.15, 0.2) is 17.3 Å². The molecule has 1 aliphatic rings. The van der Waals surface area contributed by atoms with Crippen molar-refractivity contribution in [3.05, 3.63) is 70.4 Å². The molecule has 2 aromatic carbocycles. The number of fused-ring (bicyclic) bond motifs is 1. The van der Waals surface area contributed by atoms with E-state index in [-0.39, 0.29) is 23.0 Å². The molecule has 0 unspecified atom stereocenters. The third-order valence-corrected chi connectivity index (χ3v) is 5.67. The first-order chi connectivity index (χ1) is 13.8. The Morgan fingerprint density at radius 1 is 0.931 bits per heavy atom. The van der Waals surface area contributed by atoms with E-state index in [0.717, 1.165) is 9.87 Å². The minimum absolute atomic E-state index is 0.0329. The lowest BCUT2D eigenvalue weighted by atomic mass is 10.0. The van der Waals surface area contributed by atoms with E-state index < -0.39 is 15.1 Å². The fourth-order valence-electron chi connectivity index (χ4n) is 2.90. The molecule has 2 heterocycles. The van der Waals surface area contributed by atoms with Crippen LogP contribution in [0.5, 0.6) is 0 Å². The lowest BCUT2D eigenvalue weighted by molar-refractivity contribution is -0.384. The van der Waals surface area contributed by atoms with Crippen LogP contribution in [0.3, 0.4) is 0 Å². The van der Waals surface area contributed by atoms with Crippen LogP contribution in [0.25, 0.3) is 22.5 Å². The summed E-state index contributed by atoms with van der Waals surface area (Å²) in [6.07, 6.45) is 0. The van der Waals surface area contributed by atoms with Gasteiger partial charge in [0.1, 0.15) is 0 Å². The Morgan fingerprint density at radius 2 is 1.52 bits per heavy atom. The Labute approximate surface area is 165 Å². The predicted octanol–water partition coefficient (Wildman–Crippen LogP) is 2.12. The molecule has 0 saturated heterocycles. The summed E-state index contributed by atoms with van der Waals surface area (Å²) in [4.78, 5) is 19.5. The second-order valence-electron chi connectivity index (χ2n) is 6.18. The first kappa shape index (κ1) is 18.5. The van der Waals surface area contributed by atoms with Crippen LogP contribution in [-0.2, 0) is 10.2 Å². The SMILES string of the molecule is CN1c2nc(-c3ccc([N+](=O)[O-])cc3)c(-c3ccccc3)nc2C(N)=NS1(=O)=O. The minimum Gasteiger partial charge on any atom is -0.381 e. The van der Waals surface area contributed by atoms with Gasteiger partial charge in [0.2, 0.25) is 0 Å². The zero-order chi connectivity index (χ0) is 20.8. The van der Waals surface area contributed by atoms with Crippen LogP contribution < -0.4 is 10.0 Å². The van der Waals surface area contributed by atoms with E-state index in [9.17, 15) is 18.5 Å². The van der Waals surface area contributed by atoms with E-state index in [1.165, 1.54) is 31.3 Å². The maximum atomic E-state index is 12.2. The second-order valence-corrected chi connectivity index (χ2v) is 7.81. The molecular formula is C18H14N6O4S. The van der Waals surface area contributed by atoms with E-state index >= 15 is 0 Å². The van der Waals surface area contributed by atoms with Crippen LogP contribution in [0.4, 0.5) is 11.5 Å². The number of nitrogens with zero attached hydrogens (tertiary/aromatic N) is 5. The van der Waals surface area contributed by atoms with Crippen LogP contribution >= 0.6 is 0 Å². The van der Waals surface area contributed by atoms with Gasteiger partial charge in [-0.2, -0.15) is 8.42 Å². The number of nitrogens with two attached hydrogens (primary N) is 1. The van der Waals surface area contributed by atoms with Gasteiger partial charge < -0.3 is 5.73 Å². The molecule has 1 aliphatic heterocycles. The van der Waals surface area contributed by atoms with Gasteiger partial charge in [-0.3, -0.25) is 10.1 Å². The van der Waals surface area contributed by atoms with Crippen molar-refractivity contribution in [3.8, 4) is 22.5 Å². The molecular weight excluding hydrogens is 396 g/mol. The van der Waals surface area contributed by atoms with E-state index in [1.54, 1.807) is 0 Å². The minimum atomic E-state index is -4.01. The van der Waals surface area contributed by atoms with Gasteiger partial charge in [-0.15, -0.1) is 4.40 Å². The summed E-state index contributed by atoms with van der Waals surface area (Å²) in [6, 6.07) is 14.9. The van der Waals surface area contributed by atoms with Gasteiger partial charge in [-0.05, 0) is 12.1 Å². The third-order valence-electron chi connectivity index (χ3n) is 4.38. The van der Waals surface area contributed by atoms with Crippen molar-refractivity contribution in [2.45, 2.75) is 0 Å². The molecule has 3 aromatic rings. The standard InChI is InChI=1S/C18H14N6O4S/c1-23-18-16(17(19)22-29(23,27)28)20-14(11-5-3-2-4-6-11)15(21-18)12-7-9-13(10-8-12)24(25)26/h2-10H,1H3,(H2,19,22). The zero-order valence-corrected chi connectivity index (χ0v) is 15.9. The first-order valence-corrected chi connectivity index (χ1v) is 9.74. The normalized spacial score (nSPS) is 14.8. The quantitative estimate of drug-likeness (QED) is 0.514. The summed E-state index contributed by atoms with van der Waals surface area (Å²) in [5, 5.41) is 11.0. The number of nitro groups is 1. The number of rotatable bonds is 3. The molecule has 146 valence electrons. The monoisotopic (exact) mass is 410 g/mol. The summed E-state index contributed by atoms with van der Waals surface area (Å²) in [7, 11) is -2.71. The number of aromatic nitrogens is 2. The van der Waals surface area contributed by atoms with Crippen LogP contribution in [0.15, 0.2) is 59.0 Å². The highest BCUT2D eigenvalue weighted by Gasteiger charge is 2.32. The maximum absolute atomic E-state index is 12.2. The lowest BCUT2D eigenvalue weighted by Crippen LogP contribution is -2.36. The Bertz CT molecular complexity index is 1260. The summed E-state index contributed by atoms with van der Waals surface area (Å²) < 4.78 is 28.8. The van der Waals surface area contributed by atoms with Crippen LogP contribution in [0.1, 0.15) is 5.69 Å². The van der Waals surface area contributed by atoms with Gasteiger partial charge in [-0.1, -0.05) is 30.3 Å². The number of non-ortho nitro benzene ring substituents is 1. The van der Waals surface area contributed by atoms with Gasteiger partial charge in [0.25, 0.3) is 5.69 Å². The highest BCUT2D eigenvalue weighted by Crippen LogP contribution is 2.35. The summed E-state index contributed by atoms with van der Waals surface area (Å²) in [6.45, 7) is 0. The summed E-state index contributed by atoms with van der Waals surface area (Å²) in [5.41, 5.74) is 7.98. The molecule has 0 atom stereocenters. The molecule has 2 N–H and O–H groups in total. The smallest absolute Gasteiger partial charge is 0.347 e. The van der Waals surface area contributed by atoms with Crippen molar-refractivity contribution in [1.29, 1.82) is 0 Å². The number of benzene rings is 2. The summed E-state index contributed by atoms with van der Waals surface area (Å²) >= 11 is 0. The average molecular weight is 410 g/mol. The van der Waals surface area contributed by atoms with Crippen molar-refractivity contribution >= 4 is 27.6 Å². The number of anilines is 1. The molecule has 4 rings (SSSR count). The fourth-order valence-corrected chi connectivity index (χ4v) is 3.70. The van der Waals surface area contributed by atoms with Crippen molar-refractivity contribution in [2.75, 3.05) is 11.4 Å². The molecule has 0 saturated carbocycles. The van der Waals surface area contributed by atoms with E-state index in [4.69, 9.17) is 5.73 Å². The molecule has 11 heteroatoms. The van der Waals surface area contributed by atoms with E-state index in [0.29, 0.717) is 17.0 Å². The molecule has 0 amide bonds. The highest BCUT2D eigenvalue weighted by atomic mass is 32.2. The number of hydrogen-bond donors (Lipinski definition) is 1. The maximum Gasteiger partial charge on any atom is 0.347 e. The van der Waals surface area contributed by atoms with Gasteiger partial charge in [0.05, 0.1) is 16.3 Å². The molecule has 0 fully saturated rings. The number of amidine groups is 1. The second kappa shape index (κ2) is 6.63. The Hall–Kier alpha value is -3.86. The molecule has 0 radical (unpaired) electrons. The highest BCUT2D eigenvalue weighted by molar-refractivity contribution is 7.91. The predicted molar refractivity (Wildman–Crippen MR) is 108 cm³/mol. The molecule has 1 aromatic heterocycles. The molecule has 10 nitrogen and oxygen atoms in total. The van der Waals surface area contributed by atoms with Crippen LogP contribution in [-0.4, -0.2) is 36.2 Å². The number of hydrogen-bond acceptors (Lipinski definition) is 7. The molecule has 29 heavy (non-hydrogen) atoms. The van der Waals surface area contributed by atoms with E-state index in [2.05, 4.69) is 14.4 Å². The van der Waals surface area contributed by atoms with Crippen LogP contribution in [0, 0.1) is 10.1 Å². The fraction of sp³-hybridized carbons (Fsp3) is 0.0556. The van der Waals surface area contributed by atoms with Gasteiger partial charge in [-0.25, -0.2) is 14.3 Å². The first-order valence-electron chi connectivity index (χ1n) is 8.35. The van der Waals surface area contributed by atoms with E-state index in [1.807, 2.05) is 30.3 Å². The number of nitro benzene ring substituents is 1. The summed E-state index contributed by atoms with van der Waals surface area (Å²) in [5.74, 6) is -0.219. The van der Waals surface area contributed by atoms with Crippen molar-refractivity contribution in [3.63, 3.8) is 0 Å². The van der Waals surface area contributed by atoms with Gasteiger partial charge in [0, 0.05) is 30.3 Å². The van der Waals surface area contributed by atoms with Crippen molar-refractivity contribution < 1.29 is 13.3 Å². The van der Waals surface area contributed by atoms with Gasteiger partial charge >= 0.3 is 10.2 Å². The molecule has 0 bridgehead atoms. The Balaban J connectivity index is 2.00. The largest absolute Gasteiger partial charge is 0.381 e. The Morgan fingerprint density at radius 3 is 2.14 bits per heavy atom. The molecule has 0 aliphatic carbocycles. The average Bonchev–Trinajstić information content (AvgIpc) is 2.72.